The van der Waals surface area contributed by atoms with Crippen LogP contribution in [-0.2, 0) is 54.4 Å². The number of primary amides is 1. The van der Waals surface area contributed by atoms with Gasteiger partial charge in [-0.3, -0.25) is 43.2 Å². The molecule has 2 rings (SSSR count). The lowest BCUT2D eigenvalue weighted by Gasteiger charge is -2.32. The predicted molar refractivity (Wildman–Crippen MR) is 263 cm³/mol. The highest BCUT2D eigenvalue weighted by Gasteiger charge is 2.41. The van der Waals surface area contributed by atoms with Crippen molar-refractivity contribution < 1.29 is 63.3 Å². The number of nitrogens with two attached hydrogens (primary N) is 2. The summed E-state index contributed by atoms with van der Waals surface area (Å²) in [5.74, 6) is -9.74. The summed E-state index contributed by atoms with van der Waals surface area (Å²) in [5.41, 5.74) is 12.1. The lowest BCUT2D eigenvalue weighted by atomic mass is 9.98. The topological polar surface area (TPSA) is 371 Å². The summed E-state index contributed by atoms with van der Waals surface area (Å²) in [6.07, 6.45) is 0.714. The van der Waals surface area contributed by atoms with Crippen molar-refractivity contribution >= 4 is 70.9 Å². The van der Waals surface area contributed by atoms with Crippen LogP contribution >= 0.6 is 11.8 Å². The van der Waals surface area contributed by atoms with Gasteiger partial charge in [0.05, 0.1) is 18.8 Å². The molecule has 23 nitrogen and oxygen atoms in total. The van der Waals surface area contributed by atoms with E-state index in [9.17, 15) is 63.3 Å². The van der Waals surface area contributed by atoms with Crippen LogP contribution in [-0.4, -0.2) is 165 Å². The summed E-state index contributed by atoms with van der Waals surface area (Å²) < 4.78 is 0. The Balaban J connectivity index is 2.37. The van der Waals surface area contributed by atoms with E-state index in [0.717, 1.165) is 0 Å². The SMILES string of the molecule is CC[C@H](C)[C@H](N)C(=O)N[C@H](C(=O)N[C@@H](CCSC)C(=O)N[C@@H](CCC(N)=O)C(=O)N[C@H](C(=O)N1CCC[C@H]1C(=O)N[C@@H](Cc1ccccc1)C(=O)N[C@@H](CO)C(=O)N[C@H](C(=O)O)C(C)C)C(C)C)[C@@H](C)O. The van der Waals surface area contributed by atoms with Crippen LogP contribution < -0.4 is 48.7 Å². The number of benzene rings is 1. The molecule has 14 N–H and O–H groups in total. The molecular weight excluding hydrogens is 945 g/mol. The van der Waals surface area contributed by atoms with Crippen molar-refractivity contribution in [2.24, 2.45) is 29.2 Å². The average molecular weight is 1020 g/mol. The van der Waals surface area contributed by atoms with Crippen molar-refractivity contribution in [3.05, 3.63) is 35.9 Å². The summed E-state index contributed by atoms with van der Waals surface area (Å²) in [6, 6.07) is -3.40. The standard InChI is InChI=1S/C47H76N10O13S/c1-9-26(6)35(49)44(66)56-38(27(7)59)45(67)51-30(19-21-71-8)39(61)50-29(17-18-34(48)60)40(62)54-36(24(2)3)46(68)57-20-13-16-33(57)43(65)52-31(22-28-14-11-10-12-15-28)41(63)53-32(23-58)42(64)55-37(25(4)5)47(69)70/h10-12,14-15,24-27,29-33,35-38,58-59H,9,13,16-23,49H2,1-8H3,(H2,48,60)(H,50,61)(H,51,67)(H,52,65)(H,53,63)(H,54,62)(H,55,64)(H,56,66)(H,69,70)/t26-,27+,29-,30-,31-,32-,33-,35-,36-,37-,38-/m0/s1. The molecule has 1 heterocycles. The smallest absolute Gasteiger partial charge is 0.326 e. The molecular formula is C47H76N10O13S. The van der Waals surface area contributed by atoms with Crippen molar-refractivity contribution in [2.75, 3.05) is 25.2 Å². The summed E-state index contributed by atoms with van der Waals surface area (Å²) in [4.78, 5) is 135. The molecule has 0 aliphatic carbocycles. The molecule has 1 aromatic carbocycles. The Morgan fingerprint density at radius 1 is 0.704 bits per heavy atom. The van der Waals surface area contributed by atoms with Crippen molar-refractivity contribution in [3.63, 3.8) is 0 Å². The first-order valence-electron chi connectivity index (χ1n) is 23.9. The summed E-state index contributed by atoms with van der Waals surface area (Å²) in [5, 5.41) is 47.7. The fourth-order valence-corrected chi connectivity index (χ4v) is 8.04. The molecule has 0 spiro atoms. The van der Waals surface area contributed by atoms with Crippen LogP contribution in [0.5, 0.6) is 0 Å². The number of aliphatic carboxylic acids is 1. The van der Waals surface area contributed by atoms with Crippen molar-refractivity contribution in [1.29, 1.82) is 0 Å². The minimum absolute atomic E-state index is 0.0397. The fraction of sp³-hybridized carbons (Fsp3) is 0.660. The second kappa shape index (κ2) is 30.1. The summed E-state index contributed by atoms with van der Waals surface area (Å²) >= 11 is 1.35. The normalized spacial score (nSPS) is 17.7. The molecule has 1 aliphatic rings. The minimum atomic E-state index is -1.59. The molecule has 398 valence electrons. The number of carbonyl (C=O) groups is 10. The molecule has 1 fully saturated rings. The zero-order chi connectivity index (χ0) is 53.7. The van der Waals surface area contributed by atoms with Gasteiger partial charge in [0.2, 0.25) is 53.2 Å². The molecule has 1 saturated heterocycles. The van der Waals surface area contributed by atoms with Gasteiger partial charge in [-0.1, -0.05) is 78.3 Å². The number of hydrogen-bond acceptors (Lipinski definition) is 14. The van der Waals surface area contributed by atoms with Gasteiger partial charge in [-0.05, 0) is 67.9 Å². The maximum absolute atomic E-state index is 14.4. The van der Waals surface area contributed by atoms with E-state index in [0.29, 0.717) is 24.2 Å². The number of likely N-dealkylation sites (tertiary alicyclic amines) is 1. The molecule has 0 saturated carbocycles. The van der Waals surface area contributed by atoms with Crippen LogP contribution in [0.2, 0.25) is 0 Å². The van der Waals surface area contributed by atoms with Gasteiger partial charge in [0.25, 0.3) is 0 Å². The van der Waals surface area contributed by atoms with Crippen LogP contribution in [0, 0.1) is 17.8 Å². The van der Waals surface area contributed by atoms with Gasteiger partial charge < -0.3 is 68.9 Å². The Morgan fingerprint density at radius 2 is 1.23 bits per heavy atom. The first-order chi connectivity index (χ1) is 33.4. The van der Waals surface area contributed by atoms with E-state index in [4.69, 9.17) is 11.5 Å². The molecule has 71 heavy (non-hydrogen) atoms. The van der Waals surface area contributed by atoms with Gasteiger partial charge in [0.1, 0.15) is 48.3 Å². The van der Waals surface area contributed by atoms with Gasteiger partial charge >= 0.3 is 5.97 Å². The third-order valence-corrected chi connectivity index (χ3v) is 12.9. The second-order valence-electron chi connectivity index (χ2n) is 18.5. The Labute approximate surface area is 419 Å². The first kappa shape index (κ1) is 61.3. The van der Waals surface area contributed by atoms with Gasteiger partial charge in [-0.2, -0.15) is 11.8 Å². The fourth-order valence-electron chi connectivity index (χ4n) is 7.57. The van der Waals surface area contributed by atoms with Crippen LogP contribution in [0.1, 0.15) is 92.6 Å². The summed E-state index contributed by atoms with van der Waals surface area (Å²) in [7, 11) is 0. The number of rotatable bonds is 30. The van der Waals surface area contributed by atoms with Crippen LogP contribution in [0.4, 0.5) is 0 Å². The van der Waals surface area contributed by atoms with Crippen molar-refractivity contribution in [2.45, 2.75) is 154 Å². The number of nitrogens with one attached hydrogen (secondary N) is 7. The molecule has 1 aliphatic heterocycles. The number of aliphatic hydroxyl groups is 2. The van der Waals surface area contributed by atoms with E-state index < -0.39 is 138 Å². The third-order valence-electron chi connectivity index (χ3n) is 12.2. The van der Waals surface area contributed by atoms with Crippen LogP contribution in [0.3, 0.4) is 0 Å². The minimum Gasteiger partial charge on any atom is -0.480 e. The van der Waals surface area contributed by atoms with E-state index in [2.05, 4.69) is 37.2 Å². The number of hydrogen-bond donors (Lipinski definition) is 12. The highest BCUT2D eigenvalue weighted by molar-refractivity contribution is 7.98. The van der Waals surface area contributed by atoms with E-state index in [-0.39, 0.29) is 44.6 Å². The number of thioether (sulfide) groups is 1. The summed E-state index contributed by atoms with van der Waals surface area (Å²) in [6.45, 7) is 10.5. The Hall–Kier alpha value is -5.85. The Bertz CT molecular complexity index is 1990. The van der Waals surface area contributed by atoms with Gasteiger partial charge in [-0.25, -0.2) is 4.79 Å². The molecule has 0 radical (unpaired) electrons. The van der Waals surface area contributed by atoms with Crippen LogP contribution in [0.15, 0.2) is 30.3 Å². The van der Waals surface area contributed by atoms with Gasteiger partial charge in [0, 0.05) is 19.4 Å². The number of aliphatic hydroxyl groups excluding tert-OH is 2. The number of carbonyl (C=O) groups excluding carboxylic acids is 9. The molecule has 1 aromatic rings. The van der Waals surface area contributed by atoms with E-state index in [1.165, 1.54) is 23.6 Å². The first-order valence-corrected chi connectivity index (χ1v) is 25.3. The molecule has 0 unspecified atom stereocenters. The maximum Gasteiger partial charge on any atom is 0.326 e. The number of amides is 9. The van der Waals surface area contributed by atoms with E-state index in [1.54, 1.807) is 71.2 Å². The molecule has 9 amide bonds. The van der Waals surface area contributed by atoms with E-state index in [1.807, 2.05) is 6.92 Å². The van der Waals surface area contributed by atoms with Gasteiger partial charge in [-0.15, -0.1) is 0 Å². The quantitative estimate of drug-likeness (QED) is 0.0388. The van der Waals surface area contributed by atoms with Crippen molar-refractivity contribution in [3.8, 4) is 0 Å². The number of nitrogens with zero attached hydrogens (tertiary/aromatic N) is 1. The largest absolute Gasteiger partial charge is 0.480 e. The zero-order valence-corrected chi connectivity index (χ0v) is 42.7. The average Bonchev–Trinajstić information content (AvgIpc) is 3.82. The zero-order valence-electron chi connectivity index (χ0n) is 41.9. The highest BCUT2D eigenvalue weighted by atomic mass is 32.2. The molecule has 24 heteroatoms. The monoisotopic (exact) mass is 1020 g/mol. The van der Waals surface area contributed by atoms with Gasteiger partial charge in [0.15, 0.2) is 0 Å². The highest BCUT2D eigenvalue weighted by Crippen LogP contribution is 2.22. The predicted octanol–water partition coefficient (Wildman–Crippen LogP) is -2.22. The molecule has 11 atom stereocenters. The Morgan fingerprint density at radius 3 is 1.76 bits per heavy atom. The lowest BCUT2D eigenvalue weighted by molar-refractivity contribution is -0.144. The maximum atomic E-state index is 14.4. The molecule has 0 aromatic heterocycles. The molecule has 0 bridgehead atoms. The van der Waals surface area contributed by atoms with Crippen molar-refractivity contribution in [1.82, 2.24) is 42.1 Å². The lowest BCUT2D eigenvalue weighted by Crippen LogP contribution is -2.62. The second-order valence-corrected chi connectivity index (χ2v) is 19.5. The third kappa shape index (κ3) is 19.4. The number of carboxylic acid groups (broad SMARTS) is 1. The Kier molecular flexibility index (Phi) is 26.0. The number of carboxylic acids is 1. The van der Waals surface area contributed by atoms with Crippen LogP contribution in [0.25, 0.3) is 0 Å². The van der Waals surface area contributed by atoms with E-state index >= 15 is 0 Å².